The summed E-state index contributed by atoms with van der Waals surface area (Å²) in [7, 11) is 0. The van der Waals surface area contributed by atoms with Crippen LogP contribution in [0, 0.1) is 35.4 Å². The molecule has 25 heavy (non-hydrogen) atoms. The van der Waals surface area contributed by atoms with Crippen molar-refractivity contribution in [1.29, 1.82) is 0 Å². The molecular formula is C24H33F. The van der Waals surface area contributed by atoms with Gasteiger partial charge in [-0.25, -0.2) is 4.39 Å². The lowest BCUT2D eigenvalue weighted by atomic mass is 9.55. The van der Waals surface area contributed by atoms with Gasteiger partial charge in [0.05, 0.1) is 0 Å². The zero-order valence-corrected chi connectivity index (χ0v) is 15.5. The fourth-order valence-corrected chi connectivity index (χ4v) is 6.54. The standard InChI is InChI=1S/C24H33F/c1-2-3-4-17-5-13-23-20(15-17)6-7-21-16-19(10-14-24(21)23)18-8-11-22(25)12-9-18/h2,8-9,11-12,17,19-21,23-24H,1,3-7,10,13-16H2/t17-,19?,20-,21+,23+,24+/m1/s1. The number of rotatable bonds is 4. The molecule has 136 valence electrons. The SMILES string of the molecule is C=CCC[C@@H]1CC[C@H]2[C@H](CC[C@H]3CC(c4ccc(F)cc4)CC[C@@H]32)C1. The molecule has 0 aliphatic heterocycles. The Labute approximate surface area is 152 Å². The third-order valence-corrected chi connectivity index (χ3v) is 7.77. The summed E-state index contributed by atoms with van der Waals surface area (Å²) >= 11 is 0. The van der Waals surface area contributed by atoms with Crippen LogP contribution in [-0.4, -0.2) is 0 Å². The number of fused-ring (bicyclic) bond motifs is 3. The third-order valence-electron chi connectivity index (χ3n) is 7.77. The molecular weight excluding hydrogens is 307 g/mol. The van der Waals surface area contributed by atoms with Crippen molar-refractivity contribution in [2.75, 3.05) is 0 Å². The molecule has 0 heterocycles. The Bertz CT molecular complexity index is 574. The van der Waals surface area contributed by atoms with E-state index < -0.39 is 0 Å². The fraction of sp³-hybridized carbons (Fsp3) is 0.667. The van der Waals surface area contributed by atoms with Gasteiger partial charge in [-0.05, 0) is 111 Å². The first kappa shape index (κ1) is 17.3. The molecule has 0 N–H and O–H groups in total. The summed E-state index contributed by atoms with van der Waals surface area (Å²) in [6, 6.07) is 7.33. The smallest absolute Gasteiger partial charge is 0.123 e. The molecule has 0 spiro atoms. The van der Waals surface area contributed by atoms with Crippen LogP contribution in [-0.2, 0) is 0 Å². The zero-order chi connectivity index (χ0) is 17.2. The van der Waals surface area contributed by atoms with Crippen molar-refractivity contribution in [3.63, 3.8) is 0 Å². The summed E-state index contributed by atoms with van der Waals surface area (Å²) in [5.74, 6) is 5.45. The summed E-state index contributed by atoms with van der Waals surface area (Å²) in [4.78, 5) is 0. The highest BCUT2D eigenvalue weighted by Crippen LogP contribution is 2.55. The van der Waals surface area contributed by atoms with Crippen molar-refractivity contribution < 1.29 is 4.39 Å². The molecule has 1 aromatic carbocycles. The van der Waals surface area contributed by atoms with Crippen molar-refractivity contribution in [2.45, 2.75) is 70.1 Å². The molecule has 0 bridgehead atoms. The number of hydrogen-bond donors (Lipinski definition) is 0. The van der Waals surface area contributed by atoms with Gasteiger partial charge in [0.15, 0.2) is 0 Å². The Kier molecular flexibility index (Phi) is 5.29. The second-order valence-corrected chi connectivity index (χ2v) is 9.03. The van der Waals surface area contributed by atoms with E-state index in [4.69, 9.17) is 0 Å². The average molecular weight is 341 g/mol. The molecule has 3 aliphatic rings. The molecule has 0 nitrogen and oxygen atoms in total. The van der Waals surface area contributed by atoms with Gasteiger partial charge in [0, 0.05) is 0 Å². The molecule has 0 saturated heterocycles. The maximum absolute atomic E-state index is 13.2. The molecule has 0 amide bonds. The van der Waals surface area contributed by atoms with Crippen LogP contribution in [0.2, 0.25) is 0 Å². The number of hydrogen-bond acceptors (Lipinski definition) is 0. The molecule has 1 heteroatoms. The van der Waals surface area contributed by atoms with E-state index in [0.29, 0.717) is 5.92 Å². The summed E-state index contributed by atoms with van der Waals surface area (Å²) in [6.07, 6.45) is 16.1. The predicted molar refractivity (Wildman–Crippen MR) is 103 cm³/mol. The monoisotopic (exact) mass is 340 g/mol. The lowest BCUT2D eigenvalue weighted by Gasteiger charge is -2.51. The lowest BCUT2D eigenvalue weighted by Crippen LogP contribution is -2.41. The van der Waals surface area contributed by atoms with Gasteiger partial charge in [0.2, 0.25) is 0 Å². The molecule has 3 saturated carbocycles. The van der Waals surface area contributed by atoms with Gasteiger partial charge in [-0.3, -0.25) is 0 Å². The molecule has 3 fully saturated rings. The van der Waals surface area contributed by atoms with Crippen LogP contribution in [0.15, 0.2) is 36.9 Å². The minimum atomic E-state index is -0.105. The Hall–Kier alpha value is -1.11. The Morgan fingerprint density at radius 1 is 0.880 bits per heavy atom. The van der Waals surface area contributed by atoms with E-state index >= 15 is 0 Å². The van der Waals surface area contributed by atoms with E-state index in [1.807, 2.05) is 12.1 Å². The van der Waals surface area contributed by atoms with Gasteiger partial charge in [-0.2, -0.15) is 0 Å². The maximum Gasteiger partial charge on any atom is 0.123 e. The Balaban J connectivity index is 1.38. The largest absolute Gasteiger partial charge is 0.207 e. The normalized spacial score (nSPS) is 37.8. The lowest BCUT2D eigenvalue weighted by molar-refractivity contribution is 0.00566. The summed E-state index contributed by atoms with van der Waals surface area (Å²) in [5.41, 5.74) is 1.37. The molecule has 0 aromatic heterocycles. The summed E-state index contributed by atoms with van der Waals surface area (Å²) < 4.78 is 13.2. The van der Waals surface area contributed by atoms with E-state index in [9.17, 15) is 4.39 Å². The van der Waals surface area contributed by atoms with Crippen molar-refractivity contribution in [3.8, 4) is 0 Å². The predicted octanol–water partition coefficient (Wildman–Crippen LogP) is 7.12. The van der Waals surface area contributed by atoms with Gasteiger partial charge >= 0.3 is 0 Å². The van der Waals surface area contributed by atoms with Crippen molar-refractivity contribution in [2.24, 2.45) is 29.6 Å². The average Bonchev–Trinajstić information content (AvgIpc) is 2.66. The summed E-state index contributed by atoms with van der Waals surface area (Å²) in [6.45, 7) is 3.90. The first-order chi connectivity index (χ1) is 12.2. The van der Waals surface area contributed by atoms with Gasteiger partial charge in [-0.1, -0.05) is 24.6 Å². The quantitative estimate of drug-likeness (QED) is 0.512. The highest BCUT2D eigenvalue weighted by atomic mass is 19.1. The molecule has 1 unspecified atom stereocenters. The third kappa shape index (κ3) is 3.71. The van der Waals surface area contributed by atoms with Gasteiger partial charge in [0.1, 0.15) is 5.82 Å². The van der Waals surface area contributed by atoms with Crippen molar-refractivity contribution in [3.05, 3.63) is 48.3 Å². The minimum absolute atomic E-state index is 0.105. The first-order valence-electron chi connectivity index (χ1n) is 10.6. The van der Waals surface area contributed by atoms with Crippen LogP contribution in [0.25, 0.3) is 0 Å². The van der Waals surface area contributed by atoms with Gasteiger partial charge in [0.25, 0.3) is 0 Å². The Morgan fingerprint density at radius 3 is 2.28 bits per heavy atom. The van der Waals surface area contributed by atoms with Crippen LogP contribution in [0.3, 0.4) is 0 Å². The Morgan fingerprint density at radius 2 is 1.56 bits per heavy atom. The summed E-state index contributed by atoms with van der Waals surface area (Å²) in [5, 5.41) is 0. The fourth-order valence-electron chi connectivity index (χ4n) is 6.54. The topological polar surface area (TPSA) is 0 Å². The highest BCUT2D eigenvalue weighted by Gasteiger charge is 2.44. The van der Waals surface area contributed by atoms with Crippen LogP contribution in [0.1, 0.15) is 75.7 Å². The van der Waals surface area contributed by atoms with Crippen LogP contribution < -0.4 is 0 Å². The van der Waals surface area contributed by atoms with Gasteiger partial charge in [-0.15, -0.1) is 6.58 Å². The molecule has 4 rings (SSSR count). The highest BCUT2D eigenvalue weighted by molar-refractivity contribution is 5.21. The van der Waals surface area contributed by atoms with E-state index in [1.54, 1.807) is 12.1 Å². The van der Waals surface area contributed by atoms with E-state index in [1.165, 1.54) is 69.8 Å². The number of halogens is 1. The van der Waals surface area contributed by atoms with E-state index in [0.717, 1.165) is 29.6 Å². The molecule has 6 atom stereocenters. The van der Waals surface area contributed by atoms with Crippen LogP contribution >= 0.6 is 0 Å². The number of allylic oxidation sites excluding steroid dienone is 1. The van der Waals surface area contributed by atoms with E-state index in [-0.39, 0.29) is 5.82 Å². The second kappa shape index (κ2) is 7.64. The van der Waals surface area contributed by atoms with Crippen molar-refractivity contribution in [1.82, 2.24) is 0 Å². The zero-order valence-electron chi connectivity index (χ0n) is 15.5. The minimum Gasteiger partial charge on any atom is -0.207 e. The maximum atomic E-state index is 13.2. The molecule has 3 aliphatic carbocycles. The number of benzene rings is 1. The second-order valence-electron chi connectivity index (χ2n) is 9.03. The molecule has 1 aromatic rings. The molecule has 0 radical (unpaired) electrons. The van der Waals surface area contributed by atoms with Crippen LogP contribution in [0.5, 0.6) is 0 Å². The first-order valence-corrected chi connectivity index (χ1v) is 10.6. The van der Waals surface area contributed by atoms with Gasteiger partial charge < -0.3 is 0 Å². The van der Waals surface area contributed by atoms with Crippen LogP contribution in [0.4, 0.5) is 4.39 Å². The van der Waals surface area contributed by atoms with E-state index in [2.05, 4.69) is 12.7 Å². The van der Waals surface area contributed by atoms with Crippen molar-refractivity contribution >= 4 is 0 Å².